The van der Waals surface area contributed by atoms with Crippen LogP contribution in [0.3, 0.4) is 0 Å². The molecule has 0 radical (unpaired) electrons. The molecule has 3 N–H and O–H groups in total. The third-order valence-corrected chi connectivity index (χ3v) is 4.22. The number of H-pyrrole nitrogens is 1. The van der Waals surface area contributed by atoms with Gasteiger partial charge in [-0.1, -0.05) is 58.3 Å². The average molecular weight is 295 g/mol. The fourth-order valence-electron chi connectivity index (χ4n) is 2.86. The first-order chi connectivity index (χ1) is 10.4. The molecule has 3 nitrogen and oxygen atoms in total. The van der Waals surface area contributed by atoms with E-state index in [2.05, 4.69) is 22.7 Å². The van der Waals surface area contributed by atoms with Crippen LogP contribution in [0, 0.1) is 0 Å². The van der Waals surface area contributed by atoms with Gasteiger partial charge in [0, 0.05) is 0 Å². The Labute approximate surface area is 131 Å². The van der Waals surface area contributed by atoms with Gasteiger partial charge in [-0.05, 0) is 25.8 Å². The monoisotopic (exact) mass is 294 g/mol. The number of aromatic nitrogens is 2. The summed E-state index contributed by atoms with van der Waals surface area (Å²) in [6.45, 7) is 4.21. The second kappa shape index (κ2) is 12.9. The first kappa shape index (κ1) is 18.2. The molecule has 21 heavy (non-hydrogen) atoms. The van der Waals surface area contributed by atoms with Crippen LogP contribution >= 0.6 is 0 Å². The zero-order valence-electron chi connectivity index (χ0n) is 14.1. The minimum absolute atomic E-state index is 0.775. The predicted octanol–water partition coefficient (Wildman–Crippen LogP) is 4.11. The van der Waals surface area contributed by atoms with Crippen molar-refractivity contribution < 1.29 is 4.57 Å². The zero-order valence-corrected chi connectivity index (χ0v) is 14.1. The van der Waals surface area contributed by atoms with Gasteiger partial charge in [0.1, 0.15) is 12.4 Å². The summed E-state index contributed by atoms with van der Waals surface area (Å²) in [7, 11) is 0. The van der Waals surface area contributed by atoms with Gasteiger partial charge < -0.3 is 5.73 Å². The fourth-order valence-corrected chi connectivity index (χ4v) is 2.86. The molecule has 3 heteroatoms. The number of imidazole rings is 1. The Balaban J connectivity index is 1.95. The molecule has 0 fully saturated rings. The quantitative estimate of drug-likeness (QED) is 0.393. The Morgan fingerprint density at radius 1 is 0.905 bits per heavy atom. The second-order valence-corrected chi connectivity index (χ2v) is 6.17. The van der Waals surface area contributed by atoms with Crippen molar-refractivity contribution in [3.8, 4) is 0 Å². The molecule has 1 aromatic rings. The highest BCUT2D eigenvalue weighted by Gasteiger charge is 2.08. The van der Waals surface area contributed by atoms with Gasteiger partial charge in [-0.25, -0.2) is 9.55 Å². The SMILES string of the molecule is CCCCCCCCCCCC[n+]1cc[nH]c1CCCN. The molecule has 0 saturated heterocycles. The number of hydrogen-bond acceptors (Lipinski definition) is 1. The van der Waals surface area contributed by atoms with Gasteiger partial charge in [0.15, 0.2) is 0 Å². The van der Waals surface area contributed by atoms with Crippen LogP contribution < -0.4 is 10.3 Å². The standard InChI is InChI=1S/C18H35N3/c1-2-3-4-5-6-7-8-9-10-11-16-21-17-15-20-18(21)13-12-14-19/h15,17H,2-14,16,19H2,1H3/p+1. The third-order valence-electron chi connectivity index (χ3n) is 4.22. The molecule has 0 aliphatic rings. The van der Waals surface area contributed by atoms with E-state index in [0.29, 0.717) is 0 Å². The van der Waals surface area contributed by atoms with E-state index in [4.69, 9.17) is 5.73 Å². The highest BCUT2D eigenvalue weighted by atomic mass is 15.1. The maximum atomic E-state index is 5.58. The molecule has 1 rings (SSSR count). The minimum atomic E-state index is 0.775. The maximum absolute atomic E-state index is 5.58. The van der Waals surface area contributed by atoms with Crippen molar-refractivity contribution in [3.63, 3.8) is 0 Å². The molecule has 0 spiro atoms. The van der Waals surface area contributed by atoms with Crippen molar-refractivity contribution in [2.75, 3.05) is 6.54 Å². The molecule has 0 aromatic carbocycles. The lowest BCUT2D eigenvalue weighted by Gasteiger charge is -2.03. The molecule has 122 valence electrons. The van der Waals surface area contributed by atoms with Gasteiger partial charge in [-0.3, -0.25) is 0 Å². The highest BCUT2D eigenvalue weighted by Crippen LogP contribution is 2.10. The molecule has 0 unspecified atom stereocenters. The smallest absolute Gasteiger partial charge is 0.254 e. The number of rotatable bonds is 14. The number of aryl methyl sites for hydroxylation is 2. The lowest BCUT2D eigenvalue weighted by molar-refractivity contribution is -0.703. The van der Waals surface area contributed by atoms with Crippen LogP contribution in [-0.4, -0.2) is 11.5 Å². The van der Waals surface area contributed by atoms with Crippen LogP contribution in [0.15, 0.2) is 12.4 Å². The normalized spacial score (nSPS) is 11.1. The van der Waals surface area contributed by atoms with Crippen molar-refractivity contribution in [1.29, 1.82) is 0 Å². The van der Waals surface area contributed by atoms with E-state index >= 15 is 0 Å². The number of nitrogens with one attached hydrogen (secondary N) is 1. The Morgan fingerprint density at radius 3 is 2.14 bits per heavy atom. The number of nitrogens with two attached hydrogens (primary N) is 1. The summed E-state index contributed by atoms with van der Waals surface area (Å²) < 4.78 is 2.36. The van der Waals surface area contributed by atoms with Gasteiger partial charge >= 0.3 is 0 Å². The maximum Gasteiger partial charge on any atom is 0.254 e. The van der Waals surface area contributed by atoms with Gasteiger partial charge in [0.05, 0.1) is 13.0 Å². The molecule has 0 amide bonds. The third kappa shape index (κ3) is 8.92. The second-order valence-electron chi connectivity index (χ2n) is 6.17. The molecule has 1 heterocycles. The van der Waals surface area contributed by atoms with Crippen molar-refractivity contribution in [2.45, 2.75) is 90.5 Å². The number of nitrogens with zero attached hydrogens (tertiary/aromatic N) is 1. The highest BCUT2D eigenvalue weighted by molar-refractivity contribution is 4.77. The summed E-state index contributed by atoms with van der Waals surface area (Å²) in [5.74, 6) is 1.33. The summed E-state index contributed by atoms with van der Waals surface area (Å²) in [6, 6.07) is 0. The van der Waals surface area contributed by atoms with Gasteiger partial charge in [0.25, 0.3) is 5.82 Å². The number of unbranched alkanes of at least 4 members (excludes halogenated alkanes) is 9. The van der Waals surface area contributed by atoms with Gasteiger partial charge in [0.2, 0.25) is 0 Å². The fraction of sp³-hybridized carbons (Fsp3) is 0.833. The lowest BCUT2D eigenvalue weighted by atomic mass is 10.1. The first-order valence-electron chi connectivity index (χ1n) is 9.14. The number of aromatic amines is 1. The van der Waals surface area contributed by atoms with E-state index in [1.807, 2.05) is 6.20 Å². The van der Waals surface area contributed by atoms with Crippen molar-refractivity contribution in [2.24, 2.45) is 5.73 Å². The van der Waals surface area contributed by atoms with E-state index in [-0.39, 0.29) is 0 Å². The van der Waals surface area contributed by atoms with Crippen molar-refractivity contribution in [3.05, 3.63) is 18.2 Å². The molecule has 1 aromatic heterocycles. The molecule has 0 bridgehead atoms. The first-order valence-corrected chi connectivity index (χ1v) is 9.14. The van der Waals surface area contributed by atoms with Crippen LogP contribution in [-0.2, 0) is 13.0 Å². The van der Waals surface area contributed by atoms with E-state index in [0.717, 1.165) is 25.9 Å². The van der Waals surface area contributed by atoms with Crippen molar-refractivity contribution >= 4 is 0 Å². The Hall–Kier alpha value is -0.830. The molecule has 0 atom stereocenters. The zero-order chi connectivity index (χ0) is 15.2. The van der Waals surface area contributed by atoms with Crippen LogP contribution in [0.4, 0.5) is 0 Å². The summed E-state index contributed by atoms with van der Waals surface area (Å²) in [4.78, 5) is 3.33. The molecule has 0 aliphatic carbocycles. The van der Waals surface area contributed by atoms with Gasteiger partial charge in [-0.2, -0.15) is 0 Å². The van der Waals surface area contributed by atoms with Crippen LogP contribution in [0.1, 0.15) is 83.4 Å². The van der Waals surface area contributed by atoms with E-state index in [1.165, 1.54) is 70.0 Å². The molecule has 0 aliphatic heterocycles. The Kier molecular flexibility index (Phi) is 11.2. The lowest BCUT2D eigenvalue weighted by Crippen LogP contribution is -2.36. The Bertz CT molecular complexity index is 333. The molecule has 0 saturated carbocycles. The topological polar surface area (TPSA) is 45.7 Å². The molecular formula is C18H36N3+. The number of hydrogen-bond donors (Lipinski definition) is 2. The summed E-state index contributed by atoms with van der Waals surface area (Å²) in [6.07, 6.45) is 20.4. The minimum Gasteiger partial charge on any atom is -0.330 e. The van der Waals surface area contributed by atoms with E-state index < -0.39 is 0 Å². The van der Waals surface area contributed by atoms with E-state index in [9.17, 15) is 0 Å². The van der Waals surface area contributed by atoms with Crippen LogP contribution in [0.5, 0.6) is 0 Å². The summed E-state index contributed by atoms with van der Waals surface area (Å²) in [5.41, 5.74) is 5.58. The summed E-state index contributed by atoms with van der Waals surface area (Å²) in [5, 5.41) is 0. The molecular weight excluding hydrogens is 258 g/mol. The van der Waals surface area contributed by atoms with Gasteiger partial charge in [-0.15, -0.1) is 0 Å². The summed E-state index contributed by atoms with van der Waals surface area (Å²) >= 11 is 0. The van der Waals surface area contributed by atoms with Crippen molar-refractivity contribution in [1.82, 2.24) is 4.98 Å². The van der Waals surface area contributed by atoms with Crippen LogP contribution in [0.25, 0.3) is 0 Å². The van der Waals surface area contributed by atoms with Crippen LogP contribution in [0.2, 0.25) is 0 Å². The largest absolute Gasteiger partial charge is 0.330 e. The Morgan fingerprint density at radius 2 is 1.52 bits per heavy atom. The van der Waals surface area contributed by atoms with E-state index in [1.54, 1.807) is 0 Å². The predicted molar refractivity (Wildman–Crippen MR) is 90.2 cm³/mol. The average Bonchev–Trinajstić information content (AvgIpc) is 2.94.